The van der Waals surface area contributed by atoms with Crippen molar-refractivity contribution in [1.29, 1.82) is 0 Å². The fourth-order valence-electron chi connectivity index (χ4n) is 4.98. The van der Waals surface area contributed by atoms with Crippen LogP contribution in [0.2, 0.25) is 0 Å². The molecule has 1 aliphatic heterocycles. The number of hydrogen-bond acceptors (Lipinski definition) is 7. The monoisotopic (exact) mass is 537 g/mol. The summed E-state index contributed by atoms with van der Waals surface area (Å²) in [5, 5.41) is 2.99. The second-order valence-corrected chi connectivity index (χ2v) is 9.28. The van der Waals surface area contributed by atoms with E-state index in [0.29, 0.717) is 49.6 Å². The molecule has 39 heavy (non-hydrogen) atoms. The molecule has 1 atom stereocenters. The lowest BCUT2D eigenvalue weighted by molar-refractivity contribution is -0.123. The van der Waals surface area contributed by atoms with Crippen LogP contribution in [-0.4, -0.2) is 63.5 Å². The maximum Gasteiger partial charge on any atom is 0.234 e. The van der Waals surface area contributed by atoms with Crippen molar-refractivity contribution in [2.24, 2.45) is 0 Å². The molecule has 0 fully saturated rings. The zero-order chi connectivity index (χ0) is 27.6. The van der Waals surface area contributed by atoms with E-state index in [2.05, 4.69) is 15.2 Å². The van der Waals surface area contributed by atoms with E-state index in [-0.39, 0.29) is 25.1 Å². The van der Waals surface area contributed by atoms with Gasteiger partial charge in [0.1, 0.15) is 11.5 Å². The van der Waals surface area contributed by atoms with Crippen molar-refractivity contribution in [3.05, 3.63) is 77.1 Å². The molecule has 2 aromatic carbocycles. The number of amides is 1. The number of rotatable bonds is 13. The number of pyridine rings is 1. The number of alkyl halides is 1. The average molecular weight is 538 g/mol. The van der Waals surface area contributed by atoms with Crippen LogP contribution in [-0.2, 0) is 24.2 Å². The van der Waals surface area contributed by atoms with E-state index in [0.717, 1.165) is 28.1 Å². The first-order chi connectivity index (χ1) is 19.1. The largest absolute Gasteiger partial charge is 0.496 e. The maximum atomic E-state index is 13.1. The summed E-state index contributed by atoms with van der Waals surface area (Å²) in [7, 11) is 4.87. The number of ether oxygens (including phenoxy) is 4. The van der Waals surface area contributed by atoms with Crippen molar-refractivity contribution < 1.29 is 28.1 Å². The predicted octanol–water partition coefficient (Wildman–Crippen LogP) is 4.30. The number of hydrogen-bond donors (Lipinski definition) is 1. The Hall–Kier alpha value is -3.85. The highest BCUT2D eigenvalue weighted by Gasteiger charge is 2.34. The minimum atomic E-state index is -0.448. The lowest BCUT2D eigenvalue weighted by atomic mass is 9.87. The molecule has 208 valence electrons. The molecule has 9 heteroatoms. The molecule has 1 N–H and O–H groups in total. The third-order valence-electron chi connectivity index (χ3n) is 6.87. The van der Waals surface area contributed by atoms with E-state index in [1.807, 2.05) is 48.5 Å². The quantitative estimate of drug-likeness (QED) is 0.326. The van der Waals surface area contributed by atoms with Crippen molar-refractivity contribution in [2.75, 3.05) is 47.7 Å². The number of nitrogens with one attached hydrogen (secondary N) is 1. The van der Waals surface area contributed by atoms with Crippen LogP contribution >= 0.6 is 0 Å². The van der Waals surface area contributed by atoms with Gasteiger partial charge in [0.25, 0.3) is 0 Å². The summed E-state index contributed by atoms with van der Waals surface area (Å²) < 4.78 is 35.6. The molecule has 0 spiro atoms. The topological polar surface area (TPSA) is 82.2 Å². The number of methoxy groups -OCH3 is 3. The standard InChI is InChI=1S/C30H36FN3O5/c1-36-25-10-11-27(39-16-6-13-31)30-23(25)12-15-34(20-29(35)33-19-22-7-4-5-14-32-22)24(30)17-21-8-9-26(37-2)28(18-21)38-3/h4-5,7-11,14,18,24H,6,12-13,15-17,19-20H2,1-3H3,(H,33,35). The molecule has 2 heterocycles. The van der Waals surface area contributed by atoms with Gasteiger partial charge >= 0.3 is 0 Å². The summed E-state index contributed by atoms with van der Waals surface area (Å²) in [6.45, 7) is 1.03. The number of carbonyl (C=O) groups is 1. The Morgan fingerprint density at radius 3 is 2.51 bits per heavy atom. The van der Waals surface area contributed by atoms with Crippen molar-refractivity contribution in [1.82, 2.24) is 15.2 Å². The SMILES string of the molecule is COc1ccc(CC2c3c(OCCCF)ccc(OC)c3CCN2CC(=O)NCc2ccccn2)cc1OC. The van der Waals surface area contributed by atoms with E-state index in [1.54, 1.807) is 27.5 Å². The minimum absolute atomic E-state index is 0.0933. The lowest BCUT2D eigenvalue weighted by Gasteiger charge is -2.38. The molecule has 8 nitrogen and oxygen atoms in total. The van der Waals surface area contributed by atoms with Crippen LogP contribution in [0.15, 0.2) is 54.7 Å². The zero-order valence-corrected chi connectivity index (χ0v) is 22.7. The lowest BCUT2D eigenvalue weighted by Crippen LogP contribution is -2.43. The van der Waals surface area contributed by atoms with Gasteiger partial charge in [-0.2, -0.15) is 0 Å². The Bertz CT molecular complexity index is 1240. The van der Waals surface area contributed by atoms with Crippen molar-refractivity contribution in [3.63, 3.8) is 0 Å². The van der Waals surface area contributed by atoms with Gasteiger partial charge in [-0.1, -0.05) is 12.1 Å². The molecule has 1 aliphatic rings. The Kier molecular flexibility index (Phi) is 9.97. The normalized spacial score (nSPS) is 14.8. The van der Waals surface area contributed by atoms with Crippen molar-refractivity contribution in [3.8, 4) is 23.0 Å². The molecular weight excluding hydrogens is 501 g/mol. The highest BCUT2D eigenvalue weighted by atomic mass is 19.1. The molecule has 0 radical (unpaired) electrons. The summed E-state index contributed by atoms with van der Waals surface area (Å²) in [4.78, 5) is 19.5. The Labute approximate surface area is 229 Å². The summed E-state index contributed by atoms with van der Waals surface area (Å²) in [5.74, 6) is 2.65. The van der Waals surface area contributed by atoms with Crippen LogP contribution in [0.3, 0.4) is 0 Å². The Balaban J connectivity index is 1.66. The molecule has 1 amide bonds. The molecular formula is C30H36FN3O5. The number of nitrogens with zero attached hydrogens (tertiary/aromatic N) is 2. The Morgan fingerprint density at radius 1 is 1.03 bits per heavy atom. The average Bonchev–Trinajstić information content (AvgIpc) is 2.97. The van der Waals surface area contributed by atoms with Crippen LogP contribution in [0.5, 0.6) is 23.0 Å². The fourth-order valence-corrected chi connectivity index (χ4v) is 4.98. The first-order valence-electron chi connectivity index (χ1n) is 13.1. The maximum absolute atomic E-state index is 13.1. The molecule has 1 unspecified atom stereocenters. The third-order valence-corrected chi connectivity index (χ3v) is 6.87. The molecule has 0 saturated heterocycles. The molecule has 0 bridgehead atoms. The van der Waals surface area contributed by atoms with Crippen LogP contribution in [0.1, 0.15) is 34.8 Å². The van der Waals surface area contributed by atoms with Gasteiger partial charge in [-0.25, -0.2) is 0 Å². The third kappa shape index (κ3) is 6.97. The summed E-state index contributed by atoms with van der Waals surface area (Å²) in [6, 6.07) is 15.0. The van der Waals surface area contributed by atoms with Crippen LogP contribution in [0, 0.1) is 0 Å². The van der Waals surface area contributed by atoms with Crippen LogP contribution < -0.4 is 24.3 Å². The van der Waals surface area contributed by atoms with Gasteiger partial charge in [0, 0.05) is 36.3 Å². The predicted molar refractivity (Wildman–Crippen MR) is 146 cm³/mol. The zero-order valence-electron chi connectivity index (χ0n) is 22.7. The fraction of sp³-hybridized carbons (Fsp3) is 0.400. The van der Waals surface area contributed by atoms with E-state index in [9.17, 15) is 9.18 Å². The van der Waals surface area contributed by atoms with Gasteiger partial charge in [0.2, 0.25) is 5.91 Å². The van der Waals surface area contributed by atoms with Crippen LogP contribution in [0.4, 0.5) is 4.39 Å². The highest BCUT2D eigenvalue weighted by Crippen LogP contribution is 2.43. The van der Waals surface area contributed by atoms with E-state index >= 15 is 0 Å². The van der Waals surface area contributed by atoms with E-state index in [1.165, 1.54) is 0 Å². The molecule has 3 aromatic rings. The Morgan fingerprint density at radius 2 is 1.79 bits per heavy atom. The molecule has 0 aliphatic carbocycles. The van der Waals surface area contributed by atoms with Gasteiger partial charge in [-0.05, 0) is 54.8 Å². The number of aromatic nitrogens is 1. The van der Waals surface area contributed by atoms with Gasteiger partial charge < -0.3 is 24.3 Å². The second kappa shape index (κ2) is 13.8. The molecule has 1 aromatic heterocycles. The smallest absolute Gasteiger partial charge is 0.234 e. The number of halogens is 1. The van der Waals surface area contributed by atoms with Gasteiger partial charge in [-0.3, -0.25) is 19.1 Å². The molecule has 4 rings (SSSR count). The van der Waals surface area contributed by atoms with Gasteiger partial charge in [0.15, 0.2) is 11.5 Å². The van der Waals surface area contributed by atoms with Crippen LogP contribution in [0.25, 0.3) is 0 Å². The van der Waals surface area contributed by atoms with Crippen molar-refractivity contribution in [2.45, 2.75) is 31.8 Å². The van der Waals surface area contributed by atoms with Gasteiger partial charge in [-0.15, -0.1) is 0 Å². The second-order valence-electron chi connectivity index (χ2n) is 9.28. The summed E-state index contributed by atoms with van der Waals surface area (Å²) >= 11 is 0. The highest BCUT2D eigenvalue weighted by molar-refractivity contribution is 5.78. The number of benzene rings is 2. The summed E-state index contributed by atoms with van der Waals surface area (Å²) in [6.07, 6.45) is 3.29. The first-order valence-corrected chi connectivity index (χ1v) is 13.1. The number of fused-ring (bicyclic) bond motifs is 1. The van der Waals surface area contributed by atoms with E-state index < -0.39 is 6.67 Å². The molecule has 0 saturated carbocycles. The number of carbonyl (C=O) groups excluding carboxylic acids is 1. The summed E-state index contributed by atoms with van der Waals surface area (Å²) in [5.41, 5.74) is 3.82. The van der Waals surface area contributed by atoms with Crippen molar-refractivity contribution >= 4 is 5.91 Å². The van der Waals surface area contributed by atoms with Gasteiger partial charge in [0.05, 0.1) is 53.4 Å². The van der Waals surface area contributed by atoms with E-state index in [4.69, 9.17) is 18.9 Å². The first kappa shape index (κ1) is 28.2. The minimum Gasteiger partial charge on any atom is -0.496 e.